The van der Waals surface area contributed by atoms with Gasteiger partial charge < -0.3 is 20.1 Å². The Bertz CT molecular complexity index is 763. The van der Waals surface area contributed by atoms with Crippen LogP contribution >= 0.6 is 0 Å². The molecule has 2 amide bonds. The second kappa shape index (κ2) is 8.38. The monoisotopic (exact) mass is 354 g/mol. The van der Waals surface area contributed by atoms with E-state index in [9.17, 15) is 14.7 Å². The molecular formula is C20H22N2O4. The molecule has 0 radical (unpaired) electrons. The summed E-state index contributed by atoms with van der Waals surface area (Å²) in [5.74, 6) is -0.228. The summed E-state index contributed by atoms with van der Waals surface area (Å²) >= 11 is 0. The molecule has 0 aromatic heterocycles. The largest absolute Gasteiger partial charge is 0.504 e. The highest BCUT2D eigenvalue weighted by molar-refractivity contribution is 5.93. The van der Waals surface area contributed by atoms with Gasteiger partial charge in [0.25, 0.3) is 5.91 Å². The predicted molar refractivity (Wildman–Crippen MR) is 98.0 cm³/mol. The highest BCUT2D eigenvalue weighted by atomic mass is 16.5. The fourth-order valence-corrected chi connectivity index (χ4v) is 2.99. The summed E-state index contributed by atoms with van der Waals surface area (Å²) in [5, 5.41) is 12.6. The van der Waals surface area contributed by atoms with Crippen molar-refractivity contribution in [3.63, 3.8) is 0 Å². The minimum Gasteiger partial charge on any atom is -0.504 e. The van der Waals surface area contributed by atoms with Crippen molar-refractivity contribution in [2.75, 3.05) is 25.0 Å². The maximum atomic E-state index is 12.4. The van der Waals surface area contributed by atoms with Gasteiger partial charge in [-0.15, -0.1) is 0 Å². The van der Waals surface area contributed by atoms with Gasteiger partial charge in [0.05, 0.1) is 5.92 Å². The number of ether oxygens (including phenoxy) is 1. The lowest BCUT2D eigenvalue weighted by Crippen LogP contribution is -2.45. The molecular weight excluding hydrogens is 332 g/mol. The first kappa shape index (κ1) is 17.8. The van der Waals surface area contributed by atoms with Crippen molar-refractivity contribution in [1.29, 1.82) is 0 Å². The van der Waals surface area contributed by atoms with E-state index in [0.717, 1.165) is 18.5 Å². The van der Waals surface area contributed by atoms with Gasteiger partial charge in [-0.2, -0.15) is 0 Å². The number of piperidine rings is 1. The standard InChI is InChI=1S/C20H22N2O4/c23-17-10-4-5-11-18(17)26-14-19(24)22-12-6-7-15(13-22)20(25)21-16-8-2-1-3-9-16/h1-5,8-11,15,23H,6-7,12-14H2,(H,21,25). The van der Waals surface area contributed by atoms with E-state index in [1.807, 2.05) is 30.3 Å². The summed E-state index contributed by atoms with van der Waals surface area (Å²) in [6, 6.07) is 15.8. The number of aromatic hydroxyl groups is 1. The Morgan fingerprint density at radius 2 is 1.85 bits per heavy atom. The molecule has 2 N–H and O–H groups in total. The van der Waals surface area contributed by atoms with Crippen molar-refractivity contribution in [3.05, 3.63) is 54.6 Å². The van der Waals surface area contributed by atoms with Crippen LogP contribution < -0.4 is 10.1 Å². The number of benzene rings is 2. The van der Waals surface area contributed by atoms with Crippen LogP contribution in [0.5, 0.6) is 11.5 Å². The van der Waals surface area contributed by atoms with Crippen molar-refractivity contribution in [2.45, 2.75) is 12.8 Å². The first-order valence-corrected chi connectivity index (χ1v) is 8.68. The van der Waals surface area contributed by atoms with Crippen LogP contribution in [0.4, 0.5) is 5.69 Å². The summed E-state index contributed by atoms with van der Waals surface area (Å²) in [7, 11) is 0. The van der Waals surface area contributed by atoms with E-state index in [-0.39, 0.29) is 35.8 Å². The van der Waals surface area contributed by atoms with E-state index >= 15 is 0 Å². The third kappa shape index (κ3) is 4.53. The first-order chi connectivity index (χ1) is 12.6. The third-order valence-electron chi connectivity index (χ3n) is 4.40. The number of carbonyl (C=O) groups excluding carboxylic acids is 2. The van der Waals surface area contributed by atoms with Gasteiger partial charge in [-0.25, -0.2) is 0 Å². The number of carbonyl (C=O) groups is 2. The Kier molecular flexibility index (Phi) is 5.73. The van der Waals surface area contributed by atoms with Crippen LogP contribution in [0.3, 0.4) is 0 Å². The van der Waals surface area contributed by atoms with Crippen molar-refractivity contribution in [1.82, 2.24) is 4.90 Å². The number of anilines is 1. The minimum atomic E-state index is -0.238. The molecule has 3 rings (SSSR count). The van der Waals surface area contributed by atoms with Gasteiger partial charge in [-0.05, 0) is 37.1 Å². The van der Waals surface area contributed by atoms with Crippen LogP contribution in [0.15, 0.2) is 54.6 Å². The predicted octanol–water partition coefficient (Wildman–Crippen LogP) is 2.65. The number of phenolic OH excluding ortho intramolecular Hbond substituents is 1. The van der Waals surface area contributed by atoms with E-state index in [1.165, 1.54) is 6.07 Å². The van der Waals surface area contributed by atoms with Crippen LogP contribution in [0.2, 0.25) is 0 Å². The van der Waals surface area contributed by atoms with Crippen molar-refractivity contribution < 1.29 is 19.4 Å². The van der Waals surface area contributed by atoms with Gasteiger partial charge in [-0.1, -0.05) is 30.3 Å². The van der Waals surface area contributed by atoms with E-state index in [2.05, 4.69) is 5.32 Å². The molecule has 0 saturated carbocycles. The number of rotatable bonds is 5. The second-order valence-electron chi connectivity index (χ2n) is 6.29. The van der Waals surface area contributed by atoms with E-state index in [4.69, 9.17) is 4.74 Å². The highest BCUT2D eigenvalue weighted by Crippen LogP contribution is 2.24. The molecule has 1 saturated heterocycles. The molecule has 0 aliphatic carbocycles. The van der Waals surface area contributed by atoms with Gasteiger partial charge in [0.15, 0.2) is 18.1 Å². The summed E-state index contributed by atoms with van der Waals surface area (Å²) in [4.78, 5) is 26.5. The number of nitrogens with one attached hydrogen (secondary N) is 1. The Morgan fingerprint density at radius 1 is 1.12 bits per heavy atom. The Balaban J connectivity index is 1.53. The molecule has 2 aromatic rings. The number of amides is 2. The number of likely N-dealkylation sites (tertiary alicyclic amines) is 1. The molecule has 6 nitrogen and oxygen atoms in total. The van der Waals surface area contributed by atoms with Gasteiger partial charge in [0.1, 0.15) is 0 Å². The smallest absolute Gasteiger partial charge is 0.260 e. The maximum absolute atomic E-state index is 12.4. The number of nitrogens with zero attached hydrogens (tertiary/aromatic N) is 1. The highest BCUT2D eigenvalue weighted by Gasteiger charge is 2.28. The molecule has 26 heavy (non-hydrogen) atoms. The Labute approximate surface area is 152 Å². The van der Waals surface area contributed by atoms with Crippen LogP contribution in [0.25, 0.3) is 0 Å². The van der Waals surface area contributed by atoms with Crippen molar-refractivity contribution >= 4 is 17.5 Å². The number of hydrogen-bond acceptors (Lipinski definition) is 4. The molecule has 1 aliphatic heterocycles. The number of phenols is 1. The summed E-state index contributed by atoms with van der Waals surface area (Å²) in [5.41, 5.74) is 0.754. The van der Waals surface area contributed by atoms with Crippen LogP contribution in [0.1, 0.15) is 12.8 Å². The van der Waals surface area contributed by atoms with E-state index < -0.39 is 0 Å². The molecule has 0 spiro atoms. The third-order valence-corrected chi connectivity index (χ3v) is 4.40. The topological polar surface area (TPSA) is 78.9 Å². The summed E-state index contributed by atoms with van der Waals surface area (Å²) < 4.78 is 5.40. The van der Waals surface area contributed by atoms with Gasteiger partial charge in [-0.3, -0.25) is 9.59 Å². The molecule has 1 unspecified atom stereocenters. The lowest BCUT2D eigenvalue weighted by atomic mass is 9.97. The lowest BCUT2D eigenvalue weighted by Gasteiger charge is -2.32. The maximum Gasteiger partial charge on any atom is 0.260 e. The molecule has 2 aromatic carbocycles. The fraction of sp³-hybridized carbons (Fsp3) is 0.300. The average Bonchev–Trinajstić information content (AvgIpc) is 2.68. The van der Waals surface area contributed by atoms with E-state index in [0.29, 0.717) is 13.1 Å². The van der Waals surface area contributed by atoms with Gasteiger partial charge in [0.2, 0.25) is 5.91 Å². The normalized spacial score (nSPS) is 16.8. The Hall–Kier alpha value is -3.02. The molecule has 0 bridgehead atoms. The van der Waals surface area contributed by atoms with Gasteiger partial charge >= 0.3 is 0 Å². The SMILES string of the molecule is O=C(Nc1ccccc1)C1CCCN(C(=O)COc2ccccc2O)C1. The van der Waals surface area contributed by atoms with Crippen LogP contribution in [-0.4, -0.2) is 41.5 Å². The van der Waals surface area contributed by atoms with Crippen LogP contribution in [-0.2, 0) is 9.59 Å². The zero-order valence-corrected chi connectivity index (χ0v) is 14.4. The van der Waals surface area contributed by atoms with Gasteiger partial charge in [0, 0.05) is 18.8 Å². The second-order valence-corrected chi connectivity index (χ2v) is 6.29. The number of para-hydroxylation sites is 3. The molecule has 1 heterocycles. The number of hydrogen-bond donors (Lipinski definition) is 2. The fourth-order valence-electron chi connectivity index (χ4n) is 2.99. The molecule has 6 heteroatoms. The quantitative estimate of drug-likeness (QED) is 0.865. The molecule has 136 valence electrons. The molecule has 1 fully saturated rings. The zero-order chi connectivity index (χ0) is 18.4. The van der Waals surface area contributed by atoms with E-state index in [1.54, 1.807) is 23.1 Å². The van der Waals surface area contributed by atoms with Crippen molar-refractivity contribution in [3.8, 4) is 11.5 Å². The summed E-state index contributed by atoms with van der Waals surface area (Å²) in [6.45, 7) is 0.824. The summed E-state index contributed by atoms with van der Waals surface area (Å²) in [6.07, 6.45) is 1.53. The molecule has 1 atom stereocenters. The zero-order valence-electron chi connectivity index (χ0n) is 14.4. The first-order valence-electron chi connectivity index (χ1n) is 8.68. The lowest BCUT2D eigenvalue weighted by molar-refractivity contribution is -0.136. The van der Waals surface area contributed by atoms with Crippen LogP contribution in [0, 0.1) is 5.92 Å². The molecule has 1 aliphatic rings. The van der Waals surface area contributed by atoms with Crippen molar-refractivity contribution in [2.24, 2.45) is 5.92 Å². The minimum absolute atomic E-state index is 0.000871. The Morgan fingerprint density at radius 3 is 2.62 bits per heavy atom. The average molecular weight is 354 g/mol.